The molecule has 2 aliphatic rings. The Kier molecular flexibility index (Phi) is 4.98. The highest BCUT2D eigenvalue weighted by molar-refractivity contribution is 5.96. The van der Waals surface area contributed by atoms with Crippen LogP contribution < -0.4 is 14.8 Å². The van der Waals surface area contributed by atoms with E-state index < -0.39 is 17.7 Å². The maximum atomic E-state index is 12.3. The first-order chi connectivity index (χ1) is 13.9. The van der Waals surface area contributed by atoms with Gasteiger partial charge in [-0.3, -0.25) is 4.79 Å². The van der Waals surface area contributed by atoms with Crippen molar-refractivity contribution in [2.75, 3.05) is 11.9 Å². The van der Waals surface area contributed by atoms with Crippen molar-refractivity contribution in [2.24, 2.45) is 0 Å². The summed E-state index contributed by atoms with van der Waals surface area (Å²) in [7, 11) is 0. The lowest BCUT2D eigenvalue weighted by atomic mass is 9.94. The summed E-state index contributed by atoms with van der Waals surface area (Å²) in [4.78, 5) is 24.5. The summed E-state index contributed by atoms with van der Waals surface area (Å²) in [5, 5.41) is 2.73. The smallest absolute Gasteiger partial charge is 0.342 e. The molecule has 4 rings (SSSR count). The molecule has 1 aromatic heterocycles. The van der Waals surface area contributed by atoms with Crippen LogP contribution in [0.2, 0.25) is 0 Å². The van der Waals surface area contributed by atoms with E-state index >= 15 is 0 Å². The third-order valence-electron chi connectivity index (χ3n) is 5.53. The van der Waals surface area contributed by atoms with Gasteiger partial charge in [-0.25, -0.2) is 4.79 Å². The zero-order valence-electron chi connectivity index (χ0n) is 16.9. The molecule has 0 unspecified atom stereocenters. The highest BCUT2D eigenvalue weighted by Gasteiger charge is 2.42. The Morgan fingerprint density at radius 2 is 1.76 bits per heavy atom. The number of carbonyl (C=O) groups is 2. The maximum Gasteiger partial charge on any atom is 0.342 e. The molecule has 2 heterocycles. The number of amides is 1. The number of furan rings is 1. The number of hydrogen-bond acceptors (Lipinski definition) is 6. The van der Waals surface area contributed by atoms with E-state index in [-0.39, 0.29) is 6.61 Å². The zero-order chi connectivity index (χ0) is 20.6. The van der Waals surface area contributed by atoms with E-state index in [4.69, 9.17) is 18.6 Å². The highest BCUT2D eigenvalue weighted by atomic mass is 16.7. The van der Waals surface area contributed by atoms with Gasteiger partial charge >= 0.3 is 5.97 Å². The first-order valence-corrected chi connectivity index (χ1v) is 9.92. The molecule has 1 fully saturated rings. The van der Waals surface area contributed by atoms with Crippen molar-refractivity contribution in [1.82, 2.24) is 0 Å². The fraction of sp³-hybridized carbons (Fsp3) is 0.455. The van der Waals surface area contributed by atoms with E-state index in [0.717, 1.165) is 31.2 Å². The summed E-state index contributed by atoms with van der Waals surface area (Å²) in [6.45, 7) is 4.87. The van der Waals surface area contributed by atoms with Gasteiger partial charge in [-0.1, -0.05) is 6.42 Å². The van der Waals surface area contributed by atoms with Crippen molar-refractivity contribution >= 4 is 17.6 Å². The van der Waals surface area contributed by atoms with Gasteiger partial charge in [0.15, 0.2) is 18.1 Å². The minimum atomic E-state index is -0.572. The molecule has 2 aromatic rings. The second-order valence-electron chi connectivity index (χ2n) is 7.68. The van der Waals surface area contributed by atoms with Crippen LogP contribution in [-0.4, -0.2) is 24.3 Å². The van der Waals surface area contributed by atoms with Crippen molar-refractivity contribution in [3.05, 3.63) is 40.8 Å². The van der Waals surface area contributed by atoms with Crippen molar-refractivity contribution in [2.45, 2.75) is 58.7 Å². The Hall–Kier alpha value is -2.96. The van der Waals surface area contributed by atoms with Gasteiger partial charge < -0.3 is 23.9 Å². The molecule has 29 heavy (non-hydrogen) atoms. The summed E-state index contributed by atoms with van der Waals surface area (Å²) in [5.74, 6) is 0.904. The van der Waals surface area contributed by atoms with Crippen LogP contribution in [0.1, 0.15) is 59.5 Å². The van der Waals surface area contributed by atoms with E-state index in [9.17, 15) is 9.59 Å². The quantitative estimate of drug-likeness (QED) is 0.765. The van der Waals surface area contributed by atoms with Crippen LogP contribution in [-0.2, 0) is 9.53 Å². The molecule has 0 radical (unpaired) electrons. The maximum absolute atomic E-state index is 12.3. The largest absolute Gasteiger partial charge is 0.465 e. The molecule has 154 valence electrons. The van der Waals surface area contributed by atoms with E-state index in [2.05, 4.69) is 5.32 Å². The molecule has 1 aliphatic carbocycles. The molecule has 0 atom stereocenters. The van der Waals surface area contributed by atoms with Gasteiger partial charge in [0, 0.05) is 30.2 Å². The first-order valence-electron chi connectivity index (χ1n) is 9.92. The predicted molar refractivity (Wildman–Crippen MR) is 105 cm³/mol. The summed E-state index contributed by atoms with van der Waals surface area (Å²) < 4.78 is 22.7. The van der Waals surface area contributed by atoms with Gasteiger partial charge in [-0.2, -0.15) is 0 Å². The van der Waals surface area contributed by atoms with Crippen LogP contribution in [0.3, 0.4) is 0 Å². The van der Waals surface area contributed by atoms with Crippen LogP contribution >= 0.6 is 0 Å². The van der Waals surface area contributed by atoms with Crippen LogP contribution in [0.25, 0.3) is 0 Å². The van der Waals surface area contributed by atoms with Crippen molar-refractivity contribution in [1.29, 1.82) is 0 Å². The molecule has 7 heteroatoms. The standard InChI is InChI=1S/C22H25NO6/c1-13-14(2)27-15(3)20(13)21(25)26-12-19(24)23-16-7-8-17-18(11-16)29-22(28-17)9-5-4-6-10-22/h7-8,11H,4-6,9-10,12H2,1-3H3,(H,23,24). The van der Waals surface area contributed by atoms with Gasteiger partial charge in [-0.15, -0.1) is 0 Å². The Labute approximate surface area is 169 Å². The van der Waals surface area contributed by atoms with Crippen molar-refractivity contribution < 1.29 is 28.2 Å². The molecule has 7 nitrogen and oxygen atoms in total. The lowest BCUT2D eigenvalue weighted by Gasteiger charge is -2.31. The second kappa shape index (κ2) is 7.46. The third kappa shape index (κ3) is 3.81. The minimum absolute atomic E-state index is 0.371. The zero-order valence-corrected chi connectivity index (χ0v) is 16.9. The van der Waals surface area contributed by atoms with Gasteiger partial charge in [-0.05, 0) is 45.7 Å². The third-order valence-corrected chi connectivity index (χ3v) is 5.53. The molecule has 1 amide bonds. The Balaban J connectivity index is 1.35. The minimum Gasteiger partial charge on any atom is -0.465 e. The summed E-state index contributed by atoms with van der Waals surface area (Å²) >= 11 is 0. The number of hydrogen-bond donors (Lipinski definition) is 1. The lowest BCUT2D eigenvalue weighted by Crippen LogP contribution is -2.40. The van der Waals surface area contributed by atoms with E-state index in [1.54, 1.807) is 39.0 Å². The topological polar surface area (TPSA) is 87.0 Å². The number of ether oxygens (including phenoxy) is 3. The SMILES string of the molecule is Cc1oc(C)c(C(=O)OCC(=O)Nc2ccc3c(c2)OC2(CCCCC2)O3)c1C. The van der Waals surface area contributed by atoms with E-state index in [1.165, 1.54) is 6.42 Å². The van der Waals surface area contributed by atoms with Crippen molar-refractivity contribution in [3.8, 4) is 11.5 Å². The van der Waals surface area contributed by atoms with Gasteiger partial charge in [0.1, 0.15) is 17.1 Å². The van der Waals surface area contributed by atoms with Crippen LogP contribution in [0.5, 0.6) is 11.5 Å². The number of anilines is 1. The number of esters is 1. The highest BCUT2D eigenvalue weighted by Crippen LogP contribution is 2.46. The van der Waals surface area contributed by atoms with Gasteiger partial charge in [0.2, 0.25) is 0 Å². The summed E-state index contributed by atoms with van der Waals surface area (Å²) in [6.07, 6.45) is 5.09. The van der Waals surface area contributed by atoms with Crippen molar-refractivity contribution in [3.63, 3.8) is 0 Å². The predicted octanol–water partition coefficient (Wildman–Crippen LogP) is 4.43. The number of rotatable bonds is 4. The summed E-state index contributed by atoms with van der Waals surface area (Å²) in [6, 6.07) is 5.28. The molecule has 1 aromatic carbocycles. The average molecular weight is 399 g/mol. The second-order valence-corrected chi connectivity index (χ2v) is 7.68. The Bertz CT molecular complexity index is 954. The monoisotopic (exact) mass is 399 g/mol. The van der Waals surface area contributed by atoms with Crippen LogP contribution in [0.4, 0.5) is 5.69 Å². The molecule has 1 aliphatic heterocycles. The van der Waals surface area contributed by atoms with Crippen LogP contribution in [0, 0.1) is 20.8 Å². The molecular weight excluding hydrogens is 374 g/mol. The normalized spacial score (nSPS) is 16.7. The van der Waals surface area contributed by atoms with Crippen LogP contribution in [0.15, 0.2) is 22.6 Å². The number of benzene rings is 1. The lowest BCUT2D eigenvalue weighted by molar-refractivity contribution is -0.119. The number of nitrogens with one attached hydrogen (secondary N) is 1. The fourth-order valence-corrected chi connectivity index (χ4v) is 3.96. The number of carbonyl (C=O) groups excluding carboxylic acids is 2. The molecule has 1 saturated carbocycles. The van der Waals surface area contributed by atoms with E-state index in [0.29, 0.717) is 34.3 Å². The Morgan fingerprint density at radius 1 is 1.03 bits per heavy atom. The first kappa shape index (κ1) is 19.4. The number of fused-ring (bicyclic) bond motifs is 1. The van der Waals surface area contributed by atoms with E-state index in [1.807, 2.05) is 0 Å². The number of aryl methyl sites for hydroxylation is 2. The molecule has 1 spiro atoms. The molecular formula is C22H25NO6. The molecule has 0 bridgehead atoms. The van der Waals surface area contributed by atoms with Gasteiger partial charge in [0.05, 0.1) is 0 Å². The fourth-order valence-electron chi connectivity index (χ4n) is 3.96. The molecule has 1 N–H and O–H groups in total. The summed E-state index contributed by atoms with van der Waals surface area (Å²) in [5.41, 5.74) is 1.66. The Morgan fingerprint density at radius 3 is 2.45 bits per heavy atom. The molecule has 0 saturated heterocycles. The average Bonchev–Trinajstić information content (AvgIpc) is 3.15. The van der Waals surface area contributed by atoms with Gasteiger partial charge in [0.25, 0.3) is 11.7 Å².